The van der Waals surface area contributed by atoms with Crippen molar-refractivity contribution in [3.8, 4) is 0 Å². The molecule has 0 heterocycles. The highest BCUT2D eigenvalue weighted by molar-refractivity contribution is 5.83. The Balaban J connectivity index is 3.77. The minimum absolute atomic E-state index is 0.0503. The Morgan fingerprint density at radius 3 is 1.38 bits per heavy atom. The van der Waals surface area contributed by atoms with E-state index in [4.69, 9.17) is 4.74 Å². The molecule has 15 nitrogen and oxygen atoms in total. The minimum Gasteiger partial charge on any atom is -0.463 e. The molecule has 0 fully saturated rings. The molecule has 5 amide bonds. The molecule has 0 aromatic heterocycles. The highest BCUT2D eigenvalue weighted by atomic mass is 16.5. The zero-order valence-electron chi connectivity index (χ0n) is 27.3. The monoisotopic (exact) mass is 645 g/mol. The fourth-order valence-corrected chi connectivity index (χ4v) is 4.07. The molecule has 0 spiro atoms. The van der Waals surface area contributed by atoms with E-state index in [1.54, 1.807) is 13.8 Å². The maximum atomic E-state index is 12.0. The lowest BCUT2D eigenvalue weighted by Gasteiger charge is -2.15. The summed E-state index contributed by atoms with van der Waals surface area (Å²) in [6, 6.07) is 0. The molecule has 0 saturated heterocycles. The average Bonchev–Trinajstić information content (AvgIpc) is 2.98. The quantitative estimate of drug-likeness (QED) is 0.0402. The lowest BCUT2D eigenvalue weighted by atomic mass is 10.1. The largest absolute Gasteiger partial charge is 0.463 e. The Bertz CT molecular complexity index is 902. The Kier molecular flexibility index (Phi) is 24.1. The summed E-state index contributed by atoms with van der Waals surface area (Å²) in [5, 5.41) is 36.3. The Hall–Kier alpha value is -3.30. The number of carbonyl (C=O) groups is 6. The van der Waals surface area contributed by atoms with Crippen molar-refractivity contribution in [3.63, 3.8) is 0 Å². The molecule has 0 unspecified atom stereocenters. The number of esters is 1. The van der Waals surface area contributed by atoms with Gasteiger partial charge in [-0.25, -0.2) is 15.2 Å². The summed E-state index contributed by atoms with van der Waals surface area (Å²) < 4.78 is 5.06. The Labute approximate surface area is 266 Å². The third-order valence-electron chi connectivity index (χ3n) is 6.68. The lowest BCUT2D eigenvalue weighted by molar-refractivity contribution is -0.166. The van der Waals surface area contributed by atoms with E-state index in [9.17, 15) is 44.4 Å². The van der Waals surface area contributed by atoms with Crippen LogP contribution in [0.25, 0.3) is 0 Å². The molecule has 5 N–H and O–H groups in total. The summed E-state index contributed by atoms with van der Waals surface area (Å²) in [4.78, 5) is 70.3. The van der Waals surface area contributed by atoms with Gasteiger partial charge in [-0.3, -0.25) is 44.4 Å². The number of amides is 5. The van der Waals surface area contributed by atoms with Crippen molar-refractivity contribution >= 4 is 35.5 Å². The third kappa shape index (κ3) is 24.7. The van der Waals surface area contributed by atoms with Crippen LogP contribution in [0.15, 0.2) is 0 Å². The van der Waals surface area contributed by atoms with E-state index in [1.807, 2.05) is 0 Å². The van der Waals surface area contributed by atoms with Gasteiger partial charge in [-0.2, -0.15) is 0 Å². The standard InChI is InChI=1S/C30H55N5O10/c1-24(2)45-30(41)14-8-4-5-11-22-34(43)28(39)17-15-27(38)32-20-10-7-13-23-35(44)29(40)18-16-26(37)31-19-9-6-12-21-33(42)25(3)36/h24,42-44H,4-23H2,1-3H3,(H,31,37)(H,32,38). The van der Waals surface area contributed by atoms with Crippen molar-refractivity contribution in [2.24, 2.45) is 0 Å². The highest BCUT2D eigenvalue weighted by Crippen LogP contribution is 2.07. The number of carbonyl (C=O) groups excluding carboxylic acids is 6. The van der Waals surface area contributed by atoms with E-state index in [0.29, 0.717) is 86.1 Å². The van der Waals surface area contributed by atoms with E-state index in [-0.39, 0.29) is 69.2 Å². The molecule has 15 heteroatoms. The Morgan fingerprint density at radius 2 is 0.956 bits per heavy atom. The number of unbranched alkanes of at least 4 members (excludes halogenated alkanes) is 7. The first-order chi connectivity index (χ1) is 21.3. The van der Waals surface area contributed by atoms with Gasteiger partial charge in [0.05, 0.1) is 6.10 Å². The summed E-state index contributed by atoms with van der Waals surface area (Å²) in [7, 11) is 0. The van der Waals surface area contributed by atoms with Crippen LogP contribution in [-0.2, 0) is 33.5 Å². The summed E-state index contributed by atoms with van der Waals surface area (Å²) in [6.07, 6.45) is 6.38. The van der Waals surface area contributed by atoms with Crippen molar-refractivity contribution in [3.05, 3.63) is 0 Å². The van der Waals surface area contributed by atoms with E-state index in [1.165, 1.54) is 6.92 Å². The van der Waals surface area contributed by atoms with Crippen LogP contribution in [0.3, 0.4) is 0 Å². The number of nitrogens with one attached hydrogen (secondary N) is 2. The molecule has 0 saturated carbocycles. The lowest BCUT2D eigenvalue weighted by Crippen LogP contribution is -2.31. The maximum Gasteiger partial charge on any atom is 0.306 e. The van der Waals surface area contributed by atoms with Crippen LogP contribution in [0, 0.1) is 0 Å². The molecule has 0 aromatic carbocycles. The maximum absolute atomic E-state index is 12.0. The molecule has 0 atom stereocenters. The topological polar surface area (TPSA) is 206 Å². The van der Waals surface area contributed by atoms with Gasteiger partial charge in [0.15, 0.2) is 0 Å². The number of hydroxylamine groups is 6. The number of hydrogen-bond acceptors (Lipinski definition) is 10. The smallest absolute Gasteiger partial charge is 0.306 e. The number of nitrogens with zero attached hydrogens (tertiary/aromatic N) is 3. The molecule has 0 aliphatic rings. The van der Waals surface area contributed by atoms with Gasteiger partial charge in [0.2, 0.25) is 29.5 Å². The van der Waals surface area contributed by atoms with Gasteiger partial charge in [0.1, 0.15) is 0 Å². The predicted octanol–water partition coefficient (Wildman–Crippen LogP) is 2.70. The van der Waals surface area contributed by atoms with Gasteiger partial charge in [0, 0.05) is 71.8 Å². The van der Waals surface area contributed by atoms with E-state index >= 15 is 0 Å². The number of ether oxygens (including phenoxy) is 1. The first-order valence-corrected chi connectivity index (χ1v) is 16.0. The van der Waals surface area contributed by atoms with Crippen LogP contribution in [0.5, 0.6) is 0 Å². The van der Waals surface area contributed by atoms with E-state index < -0.39 is 17.7 Å². The van der Waals surface area contributed by atoms with Gasteiger partial charge in [-0.1, -0.05) is 12.8 Å². The second kappa shape index (κ2) is 26.0. The number of rotatable bonds is 26. The van der Waals surface area contributed by atoms with Crippen molar-refractivity contribution in [1.82, 2.24) is 25.8 Å². The van der Waals surface area contributed by atoms with Gasteiger partial charge in [0.25, 0.3) is 0 Å². The highest BCUT2D eigenvalue weighted by Gasteiger charge is 2.14. The molecule has 0 aromatic rings. The molecule has 45 heavy (non-hydrogen) atoms. The fourth-order valence-electron chi connectivity index (χ4n) is 4.07. The van der Waals surface area contributed by atoms with E-state index in [0.717, 1.165) is 12.8 Å². The summed E-state index contributed by atoms with van der Waals surface area (Å²) >= 11 is 0. The van der Waals surface area contributed by atoms with Crippen molar-refractivity contribution in [1.29, 1.82) is 0 Å². The molecule has 0 radical (unpaired) electrons. The van der Waals surface area contributed by atoms with Crippen molar-refractivity contribution < 1.29 is 49.1 Å². The first kappa shape index (κ1) is 41.7. The molecule has 0 rings (SSSR count). The van der Waals surface area contributed by atoms with Gasteiger partial charge >= 0.3 is 5.97 Å². The second-order valence-electron chi connectivity index (χ2n) is 11.2. The van der Waals surface area contributed by atoms with Gasteiger partial charge in [-0.15, -0.1) is 0 Å². The van der Waals surface area contributed by atoms with Crippen molar-refractivity contribution in [2.45, 2.75) is 123 Å². The van der Waals surface area contributed by atoms with Crippen LogP contribution >= 0.6 is 0 Å². The molecule has 260 valence electrons. The SMILES string of the molecule is CC(=O)N(O)CCCCCNC(=O)CCC(=O)N(O)CCCCCNC(=O)CCC(=O)N(O)CCCCCCC(=O)OC(C)C. The van der Waals surface area contributed by atoms with Crippen LogP contribution in [0.2, 0.25) is 0 Å². The third-order valence-corrected chi connectivity index (χ3v) is 6.68. The van der Waals surface area contributed by atoms with Crippen LogP contribution in [-0.4, -0.2) is 105 Å². The van der Waals surface area contributed by atoms with Crippen LogP contribution in [0.4, 0.5) is 0 Å². The van der Waals surface area contributed by atoms with Crippen molar-refractivity contribution in [2.75, 3.05) is 32.7 Å². The van der Waals surface area contributed by atoms with Crippen LogP contribution in [0.1, 0.15) is 117 Å². The summed E-state index contributed by atoms with van der Waals surface area (Å²) in [5.41, 5.74) is 0. The van der Waals surface area contributed by atoms with Gasteiger partial charge < -0.3 is 15.4 Å². The predicted molar refractivity (Wildman–Crippen MR) is 163 cm³/mol. The second-order valence-corrected chi connectivity index (χ2v) is 11.2. The average molecular weight is 646 g/mol. The summed E-state index contributed by atoms with van der Waals surface area (Å²) in [6.45, 7) is 6.13. The Morgan fingerprint density at radius 1 is 0.556 bits per heavy atom. The molecule has 0 bridgehead atoms. The fraction of sp³-hybridized carbons (Fsp3) is 0.800. The molecular weight excluding hydrogens is 590 g/mol. The summed E-state index contributed by atoms with van der Waals surface area (Å²) in [5.74, 6) is -2.36. The normalized spacial score (nSPS) is 10.7. The van der Waals surface area contributed by atoms with Crippen LogP contribution < -0.4 is 10.6 Å². The molecule has 0 aliphatic carbocycles. The zero-order valence-corrected chi connectivity index (χ0v) is 27.3. The number of hydrogen-bond donors (Lipinski definition) is 5. The van der Waals surface area contributed by atoms with Gasteiger partial charge in [-0.05, 0) is 65.2 Å². The van der Waals surface area contributed by atoms with E-state index in [2.05, 4.69) is 10.6 Å². The minimum atomic E-state index is -0.558. The molecule has 0 aliphatic heterocycles. The zero-order chi connectivity index (χ0) is 34.0. The molecular formula is C30H55N5O10. The first-order valence-electron chi connectivity index (χ1n) is 16.0.